The van der Waals surface area contributed by atoms with E-state index >= 15 is 0 Å². The summed E-state index contributed by atoms with van der Waals surface area (Å²) >= 11 is 3.53. The first-order valence-corrected chi connectivity index (χ1v) is 11.0. The summed E-state index contributed by atoms with van der Waals surface area (Å²) in [5, 5.41) is 12.4. The molecule has 0 saturated carbocycles. The normalized spacial score (nSPS) is 11.1. The van der Waals surface area contributed by atoms with Crippen LogP contribution in [0.4, 0.5) is 5.69 Å². The first-order valence-electron chi connectivity index (χ1n) is 10.2. The number of benzene rings is 3. The first-order chi connectivity index (χ1) is 15.2. The summed E-state index contributed by atoms with van der Waals surface area (Å²) in [6, 6.07) is 19.6. The van der Waals surface area contributed by atoms with Gasteiger partial charge in [0, 0.05) is 5.69 Å². The SMILES string of the molecule is Cc1cc(C)cc(COc2ccc(/C=C(\C#N)C(=O)Nc3cc(C)ccc3C)cc2Br)c1. The maximum atomic E-state index is 12.6. The van der Waals surface area contributed by atoms with Crippen molar-refractivity contribution in [3.05, 3.63) is 98.0 Å². The molecule has 0 spiro atoms. The zero-order valence-corrected chi connectivity index (χ0v) is 20.2. The number of aryl methyl sites for hydroxylation is 4. The number of nitriles is 1. The smallest absolute Gasteiger partial charge is 0.266 e. The lowest BCUT2D eigenvalue weighted by atomic mass is 10.1. The summed E-state index contributed by atoms with van der Waals surface area (Å²) in [7, 11) is 0. The number of amides is 1. The lowest BCUT2D eigenvalue weighted by Crippen LogP contribution is -2.14. The highest BCUT2D eigenvalue weighted by molar-refractivity contribution is 9.10. The van der Waals surface area contributed by atoms with Crippen molar-refractivity contribution < 1.29 is 9.53 Å². The molecule has 0 aliphatic heterocycles. The topological polar surface area (TPSA) is 62.1 Å². The minimum atomic E-state index is -0.438. The van der Waals surface area contributed by atoms with Gasteiger partial charge in [-0.15, -0.1) is 0 Å². The second-order valence-corrected chi connectivity index (χ2v) is 8.77. The number of nitrogens with one attached hydrogen (secondary N) is 1. The maximum Gasteiger partial charge on any atom is 0.266 e. The predicted molar refractivity (Wildman–Crippen MR) is 133 cm³/mol. The lowest BCUT2D eigenvalue weighted by Gasteiger charge is -2.11. The van der Waals surface area contributed by atoms with Crippen LogP contribution in [0.25, 0.3) is 6.08 Å². The van der Waals surface area contributed by atoms with Gasteiger partial charge in [-0.05, 0) is 90.2 Å². The molecule has 4 nitrogen and oxygen atoms in total. The van der Waals surface area contributed by atoms with Gasteiger partial charge in [-0.3, -0.25) is 4.79 Å². The van der Waals surface area contributed by atoms with Gasteiger partial charge in [0.25, 0.3) is 5.91 Å². The number of halogens is 1. The molecule has 0 fully saturated rings. The zero-order valence-electron chi connectivity index (χ0n) is 18.6. The van der Waals surface area contributed by atoms with Crippen LogP contribution >= 0.6 is 15.9 Å². The zero-order chi connectivity index (χ0) is 23.3. The minimum Gasteiger partial charge on any atom is -0.488 e. The molecule has 5 heteroatoms. The lowest BCUT2D eigenvalue weighted by molar-refractivity contribution is -0.112. The van der Waals surface area contributed by atoms with Crippen molar-refractivity contribution in [3.63, 3.8) is 0 Å². The van der Waals surface area contributed by atoms with E-state index in [0.717, 1.165) is 26.7 Å². The molecule has 0 aliphatic rings. The maximum absolute atomic E-state index is 12.6. The molecule has 1 N–H and O–H groups in total. The number of carbonyl (C=O) groups excluding carboxylic acids is 1. The van der Waals surface area contributed by atoms with Gasteiger partial charge in [-0.1, -0.05) is 47.5 Å². The summed E-state index contributed by atoms with van der Waals surface area (Å²) in [6.45, 7) is 8.46. The van der Waals surface area contributed by atoms with E-state index in [4.69, 9.17) is 4.74 Å². The van der Waals surface area contributed by atoms with E-state index in [9.17, 15) is 10.1 Å². The Hall–Kier alpha value is -3.36. The molecular weight excluding hydrogens is 464 g/mol. The van der Waals surface area contributed by atoms with Crippen molar-refractivity contribution in [3.8, 4) is 11.8 Å². The Bertz CT molecular complexity index is 1220. The van der Waals surface area contributed by atoms with Gasteiger partial charge in [-0.2, -0.15) is 5.26 Å². The van der Waals surface area contributed by atoms with Crippen molar-refractivity contribution in [1.82, 2.24) is 0 Å². The van der Waals surface area contributed by atoms with Crippen molar-refractivity contribution in [2.24, 2.45) is 0 Å². The molecule has 0 aliphatic carbocycles. The molecule has 3 aromatic rings. The summed E-state index contributed by atoms with van der Waals surface area (Å²) in [6.07, 6.45) is 1.57. The van der Waals surface area contributed by atoms with Crippen LogP contribution in [0.15, 0.2) is 64.6 Å². The van der Waals surface area contributed by atoms with Crippen molar-refractivity contribution in [2.75, 3.05) is 5.32 Å². The third-order valence-corrected chi connectivity index (χ3v) is 5.57. The number of nitrogens with zero attached hydrogens (tertiary/aromatic N) is 1. The van der Waals surface area contributed by atoms with Gasteiger partial charge in [0.15, 0.2) is 0 Å². The molecule has 0 atom stereocenters. The summed E-state index contributed by atoms with van der Waals surface area (Å²) in [4.78, 5) is 12.6. The van der Waals surface area contributed by atoms with Gasteiger partial charge < -0.3 is 10.1 Å². The summed E-state index contributed by atoms with van der Waals surface area (Å²) < 4.78 is 6.71. The standard InChI is InChI=1S/C27H25BrN2O2/c1-17-5-6-20(4)25(12-17)30-27(31)23(15-29)13-21-7-8-26(24(28)14-21)32-16-22-10-18(2)9-19(3)11-22/h5-14H,16H2,1-4H3,(H,30,31)/b23-13+. The van der Waals surface area contributed by atoms with Gasteiger partial charge in [0.05, 0.1) is 4.47 Å². The van der Waals surface area contributed by atoms with Crippen LogP contribution < -0.4 is 10.1 Å². The molecule has 3 aromatic carbocycles. The summed E-state index contributed by atoms with van der Waals surface area (Å²) in [5.74, 6) is 0.257. The summed E-state index contributed by atoms with van der Waals surface area (Å²) in [5.41, 5.74) is 6.94. The fourth-order valence-corrected chi connectivity index (χ4v) is 3.92. The highest BCUT2D eigenvalue weighted by atomic mass is 79.9. The number of hydrogen-bond donors (Lipinski definition) is 1. The highest BCUT2D eigenvalue weighted by Gasteiger charge is 2.12. The monoisotopic (exact) mass is 488 g/mol. The molecule has 3 rings (SSSR count). The van der Waals surface area contributed by atoms with Crippen molar-refractivity contribution >= 4 is 33.6 Å². The fourth-order valence-electron chi connectivity index (χ4n) is 3.41. The van der Waals surface area contributed by atoms with E-state index in [-0.39, 0.29) is 5.57 Å². The molecule has 0 heterocycles. The van der Waals surface area contributed by atoms with E-state index in [1.807, 2.05) is 56.3 Å². The third kappa shape index (κ3) is 6.09. The Morgan fingerprint density at radius 2 is 1.72 bits per heavy atom. The largest absolute Gasteiger partial charge is 0.488 e. The molecule has 0 bridgehead atoms. The van der Waals surface area contributed by atoms with E-state index in [1.54, 1.807) is 6.08 Å². The van der Waals surface area contributed by atoms with Gasteiger partial charge in [0.1, 0.15) is 24.0 Å². The van der Waals surface area contributed by atoms with E-state index < -0.39 is 5.91 Å². The van der Waals surface area contributed by atoms with E-state index in [0.29, 0.717) is 18.0 Å². The van der Waals surface area contributed by atoms with Crippen molar-refractivity contribution in [2.45, 2.75) is 34.3 Å². The first kappa shape index (κ1) is 23.3. The molecule has 32 heavy (non-hydrogen) atoms. The number of hydrogen-bond acceptors (Lipinski definition) is 3. The van der Waals surface area contributed by atoms with Crippen LogP contribution in [0.5, 0.6) is 5.75 Å². The van der Waals surface area contributed by atoms with Crippen LogP contribution in [-0.2, 0) is 11.4 Å². The molecule has 0 radical (unpaired) electrons. The van der Waals surface area contributed by atoms with Crippen LogP contribution in [0, 0.1) is 39.0 Å². The van der Waals surface area contributed by atoms with Gasteiger partial charge >= 0.3 is 0 Å². The van der Waals surface area contributed by atoms with Crippen molar-refractivity contribution in [1.29, 1.82) is 5.26 Å². The second-order valence-electron chi connectivity index (χ2n) is 7.92. The molecule has 0 aromatic heterocycles. The molecule has 1 amide bonds. The van der Waals surface area contributed by atoms with E-state index in [2.05, 4.69) is 53.3 Å². The van der Waals surface area contributed by atoms with Crippen LogP contribution in [0.1, 0.15) is 33.4 Å². The van der Waals surface area contributed by atoms with Gasteiger partial charge in [0.2, 0.25) is 0 Å². The molecule has 0 saturated heterocycles. The Morgan fingerprint density at radius 3 is 2.38 bits per heavy atom. The van der Waals surface area contributed by atoms with E-state index in [1.165, 1.54) is 11.1 Å². The Kier molecular flexibility index (Phi) is 7.50. The number of ether oxygens (including phenoxy) is 1. The fraction of sp³-hybridized carbons (Fsp3) is 0.185. The Balaban J connectivity index is 1.74. The number of rotatable bonds is 6. The third-order valence-electron chi connectivity index (χ3n) is 4.95. The average molecular weight is 489 g/mol. The average Bonchev–Trinajstić information content (AvgIpc) is 2.73. The number of carbonyl (C=O) groups is 1. The second kappa shape index (κ2) is 10.3. The highest BCUT2D eigenvalue weighted by Crippen LogP contribution is 2.28. The Morgan fingerprint density at radius 1 is 1.00 bits per heavy atom. The quantitative estimate of drug-likeness (QED) is 0.306. The molecule has 0 unspecified atom stereocenters. The van der Waals surface area contributed by atoms with Gasteiger partial charge in [-0.25, -0.2) is 0 Å². The predicted octanol–water partition coefficient (Wildman–Crippen LogP) is 6.81. The number of anilines is 1. The Labute approximate surface area is 197 Å². The minimum absolute atomic E-state index is 0.0294. The van der Waals surface area contributed by atoms with Crippen LogP contribution in [-0.4, -0.2) is 5.91 Å². The molecule has 162 valence electrons. The molecular formula is C27H25BrN2O2. The van der Waals surface area contributed by atoms with Crippen LogP contribution in [0.3, 0.4) is 0 Å². The van der Waals surface area contributed by atoms with Crippen LogP contribution in [0.2, 0.25) is 0 Å².